The van der Waals surface area contributed by atoms with E-state index in [1.807, 2.05) is 12.1 Å². The lowest BCUT2D eigenvalue weighted by atomic mass is 10.3. The Hall–Kier alpha value is -1.36. The van der Waals surface area contributed by atoms with Gasteiger partial charge in [-0.2, -0.15) is 5.26 Å². The molecule has 2 aromatic rings. The first-order chi connectivity index (χ1) is 9.57. The molecule has 0 unspecified atom stereocenters. The average molecular weight is 371 g/mol. The van der Waals surface area contributed by atoms with Crippen LogP contribution >= 0.6 is 27.3 Å². The molecule has 0 N–H and O–H groups in total. The van der Waals surface area contributed by atoms with Crippen LogP contribution in [-0.4, -0.2) is 15.0 Å². The molecule has 104 valence electrons. The highest BCUT2D eigenvalue weighted by Gasteiger charge is 2.27. The number of rotatable bonds is 5. The van der Waals surface area contributed by atoms with Crippen LogP contribution in [0.5, 0.6) is 0 Å². The first-order valence-electron chi connectivity index (χ1n) is 5.75. The van der Waals surface area contributed by atoms with Crippen molar-refractivity contribution in [3.63, 3.8) is 0 Å². The maximum absolute atomic E-state index is 12.7. The minimum absolute atomic E-state index is 0.132. The van der Waals surface area contributed by atoms with Crippen molar-refractivity contribution >= 4 is 43.0 Å². The zero-order valence-corrected chi connectivity index (χ0v) is 13.6. The second-order valence-corrected chi connectivity index (χ2v) is 7.70. The van der Waals surface area contributed by atoms with Crippen molar-refractivity contribution < 1.29 is 8.42 Å². The molecule has 0 saturated heterocycles. The smallest absolute Gasteiger partial charge is 0.265 e. The lowest BCUT2D eigenvalue weighted by Gasteiger charge is -2.22. The molecule has 0 radical (unpaired) electrons. The number of thiophene rings is 1. The van der Waals surface area contributed by atoms with Crippen molar-refractivity contribution in [3.05, 3.63) is 46.3 Å². The van der Waals surface area contributed by atoms with E-state index in [-0.39, 0.29) is 17.2 Å². The van der Waals surface area contributed by atoms with Crippen LogP contribution in [0.4, 0.5) is 5.69 Å². The standard InChI is InChI=1S/C13H11BrN2O2S2/c14-12-7-10-19-13(12)20(17,18)16(9-4-8-15)11-5-2-1-3-6-11/h1-3,5-7,10H,4,9H2. The molecule has 0 amide bonds. The minimum atomic E-state index is -3.66. The maximum atomic E-state index is 12.7. The quantitative estimate of drug-likeness (QED) is 0.807. The molecule has 0 spiro atoms. The average Bonchev–Trinajstić information content (AvgIpc) is 2.87. The first kappa shape index (κ1) is 15.0. The van der Waals surface area contributed by atoms with Gasteiger partial charge in [-0.15, -0.1) is 11.3 Å². The third-order valence-electron chi connectivity index (χ3n) is 2.58. The van der Waals surface area contributed by atoms with Gasteiger partial charge in [-0.05, 0) is 39.5 Å². The molecule has 0 fully saturated rings. The Balaban J connectivity index is 2.47. The van der Waals surface area contributed by atoms with Crippen LogP contribution in [-0.2, 0) is 10.0 Å². The molecule has 1 heterocycles. The van der Waals surface area contributed by atoms with Crippen LogP contribution in [0.15, 0.2) is 50.5 Å². The third-order valence-corrected chi connectivity index (χ3v) is 7.05. The highest BCUT2D eigenvalue weighted by atomic mass is 79.9. The molecule has 1 aromatic carbocycles. The van der Waals surface area contributed by atoms with Crippen LogP contribution in [0.25, 0.3) is 0 Å². The maximum Gasteiger partial charge on any atom is 0.274 e. The van der Waals surface area contributed by atoms with E-state index in [2.05, 4.69) is 15.9 Å². The monoisotopic (exact) mass is 370 g/mol. The van der Waals surface area contributed by atoms with E-state index in [9.17, 15) is 8.42 Å². The summed E-state index contributed by atoms with van der Waals surface area (Å²) in [7, 11) is -3.66. The summed E-state index contributed by atoms with van der Waals surface area (Å²) in [4.78, 5) is 0. The van der Waals surface area contributed by atoms with Crippen molar-refractivity contribution in [1.29, 1.82) is 5.26 Å². The van der Waals surface area contributed by atoms with Gasteiger partial charge in [-0.3, -0.25) is 4.31 Å². The number of nitriles is 1. The summed E-state index contributed by atoms with van der Waals surface area (Å²) in [6, 6.07) is 12.5. The first-order valence-corrected chi connectivity index (χ1v) is 8.86. The number of sulfonamides is 1. The zero-order valence-electron chi connectivity index (χ0n) is 10.4. The van der Waals surface area contributed by atoms with Crippen LogP contribution in [0, 0.1) is 11.3 Å². The number of benzene rings is 1. The zero-order chi connectivity index (χ0) is 14.6. The van der Waals surface area contributed by atoms with Crippen molar-refractivity contribution in [2.24, 2.45) is 0 Å². The number of halogens is 1. The molecule has 0 aliphatic carbocycles. The number of hydrogen-bond donors (Lipinski definition) is 0. The molecule has 0 aliphatic rings. The Bertz CT molecular complexity index is 720. The van der Waals surface area contributed by atoms with Gasteiger partial charge in [0, 0.05) is 11.0 Å². The van der Waals surface area contributed by atoms with Gasteiger partial charge < -0.3 is 0 Å². The molecule has 0 aliphatic heterocycles. The van der Waals surface area contributed by atoms with Crippen molar-refractivity contribution in [3.8, 4) is 6.07 Å². The summed E-state index contributed by atoms with van der Waals surface area (Å²) in [5, 5.41) is 10.4. The summed E-state index contributed by atoms with van der Waals surface area (Å²) in [5.74, 6) is 0. The van der Waals surface area contributed by atoms with Crippen molar-refractivity contribution in [2.75, 3.05) is 10.8 Å². The molecule has 0 bridgehead atoms. The number of anilines is 1. The highest BCUT2D eigenvalue weighted by Crippen LogP contribution is 2.32. The SMILES string of the molecule is N#CCCN(c1ccccc1)S(=O)(=O)c1sccc1Br. The topological polar surface area (TPSA) is 61.2 Å². The van der Waals surface area contributed by atoms with E-state index in [1.54, 1.807) is 35.7 Å². The van der Waals surface area contributed by atoms with E-state index in [4.69, 9.17) is 5.26 Å². The number of hydrogen-bond acceptors (Lipinski definition) is 4. The minimum Gasteiger partial charge on any atom is -0.265 e. The summed E-state index contributed by atoms with van der Waals surface area (Å²) >= 11 is 4.40. The lowest BCUT2D eigenvalue weighted by Crippen LogP contribution is -2.31. The van der Waals surface area contributed by atoms with E-state index < -0.39 is 10.0 Å². The van der Waals surface area contributed by atoms with E-state index in [0.717, 1.165) is 11.3 Å². The number of nitrogens with zero attached hydrogens (tertiary/aromatic N) is 2. The Morgan fingerprint density at radius 1 is 1.25 bits per heavy atom. The molecule has 20 heavy (non-hydrogen) atoms. The molecule has 0 atom stereocenters. The fourth-order valence-corrected chi connectivity index (χ4v) is 5.58. The van der Waals surface area contributed by atoms with E-state index in [1.165, 1.54) is 4.31 Å². The molecule has 1 aromatic heterocycles. The van der Waals surface area contributed by atoms with Gasteiger partial charge in [0.15, 0.2) is 4.21 Å². The fourth-order valence-electron chi connectivity index (χ4n) is 1.70. The van der Waals surface area contributed by atoms with Crippen LogP contribution in [0.2, 0.25) is 0 Å². The molecular formula is C13H11BrN2O2S2. The van der Waals surface area contributed by atoms with Gasteiger partial charge in [0.2, 0.25) is 0 Å². The Kier molecular flexibility index (Phi) is 4.81. The fraction of sp³-hybridized carbons (Fsp3) is 0.154. The predicted octanol–water partition coefficient (Wildman–Crippen LogP) is 3.62. The van der Waals surface area contributed by atoms with Gasteiger partial charge in [0.25, 0.3) is 10.0 Å². The van der Waals surface area contributed by atoms with Crippen molar-refractivity contribution in [1.82, 2.24) is 0 Å². The van der Waals surface area contributed by atoms with Crippen molar-refractivity contribution in [2.45, 2.75) is 10.6 Å². The number of para-hydroxylation sites is 1. The summed E-state index contributed by atoms with van der Waals surface area (Å²) in [5.41, 5.74) is 0.558. The summed E-state index contributed by atoms with van der Waals surface area (Å²) < 4.78 is 27.5. The van der Waals surface area contributed by atoms with Crippen LogP contribution < -0.4 is 4.31 Å². The van der Waals surface area contributed by atoms with Gasteiger partial charge in [0.1, 0.15) is 0 Å². The molecule has 0 saturated carbocycles. The second kappa shape index (κ2) is 6.39. The second-order valence-electron chi connectivity index (χ2n) is 3.88. The predicted molar refractivity (Wildman–Crippen MR) is 83.2 cm³/mol. The molecule has 7 heteroatoms. The summed E-state index contributed by atoms with van der Waals surface area (Å²) in [6.07, 6.45) is 0.136. The lowest BCUT2D eigenvalue weighted by molar-refractivity contribution is 0.592. The van der Waals surface area contributed by atoms with E-state index in [0.29, 0.717) is 10.2 Å². The van der Waals surface area contributed by atoms with Crippen LogP contribution in [0.3, 0.4) is 0 Å². The molecule has 2 rings (SSSR count). The Morgan fingerprint density at radius 2 is 1.95 bits per heavy atom. The van der Waals surface area contributed by atoms with Gasteiger partial charge >= 0.3 is 0 Å². The van der Waals surface area contributed by atoms with Gasteiger partial charge in [-0.1, -0.05) is 18.2 Å². The van der Waals surface area contributed by atoms with Crippen LogP contribution in [0.1, 0.15) is 6.42 Å². The van der Waals surface area contributed by atoms with E-state index >= 15 is 0 Å². The largest absolute Gasteiger partial charge is 0.274 e. The molecular weight excluding hydrogens is 360 g/mol. The summed E-state index contributed by atoms with van der Waals surface area (Å²) in [6.45, 7) is 0.132. The highest BCUT2D eigenvalue weighted by molar-refractivity contribution is 9.10. The van der Waals surface area contributed by atoms with Gasteiger partial charge in [0.05, 0.1) is 18.2 Å². The Labute approximate surface area is 130 Å². The molecule has 4 nitrogen and oxygen atoms in total. The normalized spacial score (nSPS) is 11.0. The third kappa shape index (κ3) is 3.03. The Morgan fingerprint density at radius 3 is 2.50 bits per heavy atom. The van der Waals surface area contributed by atoms with Gasteiger partial charge in [-0.25, -0.2) is 8.42 Å².